The minimum atomic E-state index is -0.450. The molecule has 7 nitrogen and oxygen atoms in total. The third kappa shape index (κ3) is 3.91. The van der Waals surface area contributed by atoms with E-state index in [1.165, 1.54) is 5.56 Å². The number of benzene rings is 2. The fourth-order valence-corrected chi connectivity index (χ4v) is 6.34. The number of aryl methyl sites for hydroxylation is 1. The number of para-hydroxylation sites is 1. The van der Waals surface area contributed by atoms with Gasteiger partial charge >= 0.3 is 0 Å². The molecular formula is C27H31BrN4O3. The van der Waals surface area contributed by atoms with E-state index in [-0.39, 0.29) is 12.5 Å². The zero-order valence-electron chi connectivity index (χ0n) is 19.8. The number of carbonyl (C=O) groups excluding carboxylic acids is 1. The Labute approximate surface area is 213 Å². The number of ether oxygens (including phenoxy) is 1. The lowest BCUT2D eigenvalue weighted by atomic mass is 9.73. The molecule has 8 heteroatoms. The van der Waals surface area contributed by atoms with E-state index in [2.05, 4.69) is 49.7 Å². The fraction of sp³-hybridized carbons (Fsp3) is 0.481. The molecule has 0 unspecified atom stereocenters. The molecule has 2 saturated heterocycles. The van der Waals surface area contributed by atoms with Crippen molar-refractivity contribution in [3.8, 4) is 0 Å². The molecule has 0 radical (unpaired) electrons. The molecule has 1 amide bonds. The summed E-state index contributed by atoms with van der Waals surface area (Å²) in [5, 5.41) is 9.31. The van der Waals surface area contributed by atoms with Crippen molar-refractivity contribution in [2.24, 2.45) is 0 Å². The number of hydrogen-bond acceptors (Lipinski definition) is 5. The Hall–Kier alpha value is -2.26. The molecule has 0 saturated carbocycles. The predicted molar refractivity (Wildman–Crippen MR) is 138 cm³/mol. The van der Waals surface area contributed by atoms with Crippen molar-refractivity contribution in [1.29, 1.82) is 0 Å². The van der Waals surface area contributed by atoms with E-state index in [0.717, 1.165) is 85.5 Å². The molecular weight excluding hydrogens is 508 g/mol. The molecule has 0 atom stereocenters. The van der Waals surface area contributed by atoms with Gasteiger partial charge in [0.1, 0.15) is 5.82 Å². The average molecular weight is 539 g/mol. The second-order valence-electron chi connectivity index (χ2n) is 9.96. The first kappa shape index (κ1) is 23.2. The largest absolute Gasteiger partial charge is 0.396 e. The Bertz CT molecular complexity index is 1250. The number of nitrogens with zero attached hydrogens (tertiary/aromatic N) is 4. The van der Waals surface area contributed by atoms with Gasteiger partial charge < -0.3 is 19.3 Å². The highest BCUT2D eigenvalue weighted by molar-refractivity contribution is 9.10. The van der Waals surface area contributed by atoms with Gasteiger partial charge in [0, 0.05) is 23.3 Å². The van der Waals surface area contributed by atoms with Crippen LogP contribution in [0.2, 0.25) is 0 Å². The molecule has 3 aliphatic rings. The number of imidazole rings is 1. The summed E-state index contributed by atoms with van der Waals surface area (Å²) in [6.07, 6.45) is 3.29. The van der Waals surface area contributed by atoms with Gasteiger partial charge in [0.15, 0.2) is 0 Å². The van der Waals surface area contributed by atoms with Crippen LogP contribution in [0.5, 0.6) is 0 Å². The molecule has 4 heterocycles. The van der Waals surface area contributed by atoms with Crippen LogP contribution in [-0.4, -0.2) is 64.4 Å². The Morgan fingerprint density at radius 2 is 1.91 bits per heavy atom. The van der Waals surface area contributed by atoms with Crippen LogP contribution in [0.1, 0.15) is 37.1 Å². The van der Waals surface area contributed by atoms with E-state index < -0.39 is 5.41 Å². The molecule has 184 valence electrons. The van der Waals surface area contributed by atoms with Crippen molar-refractivity contribution in [1.82, 2.24) is 14.5 Å². The van der Waals surface area contributed by atoms with Crippen LogP contribution in [0.15, 0.2) is 46.9 Å². The van der Waals surface area contributed by atoms with Gasteiger partial charge in [-0.05, 0) is 68.6 Å². The standard InChI is InChI=1S/C27H31BrN4O3/c28-19-7-8-24-22(15-19)29-25(31(24)11-3-4-14-33)16-32-23-6-2-1-5-21(23)27(26(32)34)9-12-30(13-10-27)20-17-35-18-20/h1-2,5-8,15,20,33H,3-4,9-14,16-18H2. The number of aliphatic hydroxyl groups is 1. The second kappa shape index (κ2) is 9.32. The molecule has 2 aromatic carbocycles. The summed E-state index contributed by atoms with van der Waals surface area (Å²) in [6, 6.07) is 15.0. The zero-order chi connectivity index (χ0) is 24.0. The summed E-state index contributed by atoms with van der Waals surface area (Å²) in [4.78, 5) is 23.6. The zero-order valence-corrected chi connectivity index (χ0v) is 21.4. The van der Waals surface area contributed by atoms with Gasteiger partial charge in [-0.25, -0.2) is 4.98 Å². The van der Waals surface area contributed by atoms with Gasteiger partial charge in [-0.1, -0.05) is 34.1 Å². The lowest BCUT2D eigenvalue weighted by Gasteiger charge is -2.44. The minimum absolute atomic E-state index is 0.179. The van der Waals surface area contributed by atoms with Gasteiger partial charge in [0.25, 0.3) is 0 Å². The van der Waals surface area contributed by atoms with Crippen LogP contribution < -0.4 is 4.90 Å². The summed E-state index contributed by atoms with van der Waals surface area (Å²) in [5.41, 5.74) is 3.72. The first-order valence-corrected chi connectivity index (χ1v) is 13.4. The van der Waals surface area contributed by atoms with Crippen molar-refractivity contribution >= 4 is 38.6 Å². The van der Waals surface area contributed by atoms with Gasteiger partial charge in [0.2, 0.25) is 5.91 Å². The van der Waals surface area contributed by atoms with Crippen LogP contribution in [0.3, 0.4) is 0 Å². The van der Waals surface area contributed by atoms with Crippen molar-refractivity contribution in [3.63, 3.8) is 0 Å². The van der Waals surface area contributed by atoms with E-state index in [1.54, 1.807) is 0 Å². The highest BCUT2D eigenvalue weighted by Gasteiger charge is 2.52. The molecule has 6 rings (SSSR count). The third-order valence-corrected chi connectivity index (χ3v) is 8.53. The maximum Gasteiger partial charge on any atom is 0.238 e. The normalized spacial score (nSPS) is 20.1. The van der Waals surface area contributed by atoms with Gasteiger partial charge in [0.05, 0.1) is 42.2 Å². The first-order valence-electron chi connectivity index (χ1n) is 12.6. The number of aliphatic hydroxyl groups excluding tert-OH is 1. The molecule has 0 aliphatic carbocycles. The van der Waals surface area contributed by atoms with E-state index in [4.69, 9.17) is 9.72 Å². The van der Waals surface area contributed by atoms with Gasteiger partial charge in [-0.15, -0.1) is 0 Å². The van der Waals surface area contributed by atoms with Crippen LogP contribution in [0, 0.1) is 0 Å². The molecule has 3 aromatic rings. The maximum absolute atomic E-state index is 14.1. The quantitative estimate of drug-likeness (QED) is 0.462. The molecule has 1 spiro atoms. The molecule has 2 fully saturated rings. The average Bonchev–Trinajstić information content (AvgIpc) is 3.28. The first-order chi connectivity index (χ1) is 17.1. The highest BCUT2D eigenvalue weighted by atomic mass is 79.9. The second-order valence-corrected chi connectivity index (χ2v) is 10.9. The predicted octanol–water partition coefficient (Wildman–Crippen LogP) is 3.85. The number of carbonyl (C=O) groups is 1. The summed E-state index contributed by atoms with van der Waals surface area (Å²) in [6.45, 7) is 4.87. The van der Waals surface area contributed by atoms with E-state index in [0.29, 0.717) is 12.6 Å². The van der Waals surface area contributed by atoms with E-state index in [9.17, 15) is 9.90 Å². The minimum Gasteiger partial charge on any atom is -0.396 e. The molecule has 1 N–H and O–H groups in total. The smallest absolute Gasteiger partial charge is 0.238 e. The Morgan fingerprint density at radius 1 is 1.11 bits per heavy atom. The highest BCUT2D eigenvalue weighted by Crippen LogP contribution is 2.48. The number of aromatic nitrogens is 2. The molecule has 3 aliphatic heterocycles. The Kier molecular flexibility index (Phi) is 6.16. The Morgan fingerprint density at radius 3 is 2.66 bits per heavy atom. The van der Waals surface area contributed by atoms with E-state index >= 15 is 0 Å². The fourth-order valence-electron chi connectivity index (χ4n) is 5.99. The van der Waals surface area contributed by atoms with E-state index in [1.807, 2.05) is 23.1 Å². The van der Waals surface area contributed by atoms with Crippen LogP contribution >= 0.6 is 15.9 Å². The summed E-state index contributed by atoms with van der Waals surface area (Å²) < 4.78 is 8.61. The maximum atomic E-state index is 14.1. The number of anilines is 1. The van der Waals surface area contributed by atoms with Crippen molar-refractivity contribution < 1.29 is 14.6 Å². The van der Waals surface area contributed by atoms with Crippen molar-refractivity contribution in [2.45, 2.75) is 50.2 Å². The number of rotatable bonds is 7. The topological polar surface area (TPSA) is 70.8 Å². The van der Waals surface area contributed by atoms with Crippen molar-refractivity contribution in [2.75, 3.05) is 37.8 Å². The van der Waals surface area contributed by atoms with Crippen LogP contribution in [0.4, 0.5) is 5.69 Å². The molecule has 1 aromatic heterocycles. The molecule has 0 bridgehead atoms. The SMILES string of the molecule is O=C1N(Cc2nc3cc(Br)ccc3n2CCCCO)c2ccccc2C12CCN(C1COC1)CC2. The molecule has 35 heavy (non-hydrogen) atoms. The lowest BCUT2D eigenvalue weighted by Crippen LogP contribution is -2.56. The summed E-state index contributed by atoms with van der Waals surface area (Å²) in [7, 11) is 0. The lowest BCUT2D eigenvalue weighted by molar-refractivity contribution is -0.127. The number of amides is 1. The van der Waals surface area contributed by atoms with Crippen LogP contribution in [0.25, 0.3) is 11.0 Å². The number of hydrogen-bond donors (Lipinski definition) is 1. The van der Waals surface area contributed by atoms with Crippen molar-refractivity contribution in [3.05, 3.63) is 58.3 Å². The monoisotopic (exact) mass is 538 g/mol. The van der Waals surface area contributed by atoms with Gasteiger partial charge in [-0.2, -0.15) is 0 Å². The van der Waals surface area contributed by atoms with Crippen LogP contribution in [-0.2, 0) is 28.0 Å². The number of piperidine rings is 1. The number of halogens is 1. The number of unbranched alkanes of at least 4 members (excludes halogenated alkanes) is 1. The summed E-state index contributed by atoms with van der Waals surface area (Å²) >= 11 is 3.56. The number of fused-ring (bicyclic) bond motifs is 3. The Balaban J connectivity index is 1.33. The van der Waals surface area contributed by atoms with Gasteiger partial charge in [-0.3, -0.25) is 9.69 Å². The number of likely N-dealkylation sites (tertiary alicyclic amines) is 1. The third-order valence-electron chi connectivity index (χ3n) is 8.03. The summed E-state index contributed by atoms with van der Waals surface area (Å²) in [5.74, 6) is 1.10.